The number of hydrogen-bond acceptors (Lipinski definition) is 6. The molecule has 3 aromatic rings. The van der Waals surface area contributed by atoms with E-state index in [2.05, 4.69) is 30.4 Å². The van der Waals surface area contributed by atoms with Crippen molar-refractivity contribution >= 4 is 42.4 Å². The van der Waals surface area contributed by atoms with Crippen molar-refractivity contribution in [3.8, 4) is 0 Å². The average molecular weight is 490 g/mol. The van der Waals surface area contributed by atoms with Gasteiger partial charge in [-0.1, -0.05) is 56.4 Å². The van der Waals surface area contributed by atoms with Gasteiger partial charge in [0.15, 0.2) is 15.0 Å². The number of fused-ring (bicyclic) bond motifs is 1. The third kappa shape index (κ3) is 7.30. The minimum absolute atomic E-state index is 0.0876. The Morgan fingerprint density at radius 1 is 1.27 bits per heavy atom. The van der Waals surface area contributed by atoms with E-state index in [1.807, 2.05) is 6.07 Å². The van der Waals surface area contributed by atoms with E-state index in [0.717, 1.165) is 10.3 Å². The first-order valence-electron chi connectivity index (χ1n) is 10.5. The van der Waals surface area contributed by atoms with Crippen LogP contribution in [0.4, 0.5) is 9.52 Å². The van der Waals surface area contributed by atoms with Crippen LogP contribution in [0, 0.1) is 5.82 Å². The third-order valence-corrected chi connectivity index (χ3v) is 7.28. The van der Waals surface area contributed by atoms with Crippen molar-refractivity contribution in [2.75, 3.05) is 10.7 Å². The number of sulfone groups is 1. The summed E-state index contributed by atoms with van der Waals surface area (Å²) in [7, 11) is -3.62. The van der Waals surface area contributed by atoms with Gasteiger partial charge in [-0.3, -0.25) is 14.7 Å². The Morgan fingerprint density at radius 3 is 2.61 bits per heavy atom. The van der Waals surface area contributed by atoms with Crippen molar-refractivity contribution in [2.24, 2.45) is 0 Å². The molecule has 0 N–H and O–H groups in total. The molecule has 2 heterocycles. The summed E-state index contributed by atoms with van der Waals surface area (Å²) >= 11 is 1.24. The fourth-order valence-corrected chi connectivity index (χ4v) is 5.09. The highest BCUT2D eigenvalue weighted by Crippen LogP contribution is 2.30. The Hall–Kier alpha value is -2.91. The molecule has 6 nitrogen and oxygen atoms in total. The number of rotatable bonds is 8. The summed E-state index contributed by atoms with van der Waals surface area (Å²) in [5.41, 5.74) is 1.20. The van der Waals surface area contributed by atoms with Gasteiger partial charge in [-0.2, -0.15) is 0 Å². The quantitative estimate of drug-likeness (QED) is 0.381. The number of carbonyl (C=O) groups is 1. The molecule has 0 saturated heterocycles. The van der Waals surface area contributed by atoms with Crippen LogP contribution < -0.4 is 4.90 Å². The van der Waals surface area contributed by atoms with Crippen LogP contribution in [-0.4, -0.2) is 30.0 Å². The highest BCUT2D eigenvalue weighted by atomic mass is 32.2. The lowest BCUT2D eigenvalue weighted by molar-refractivity contribution is -0.118. The molecule has 3 rings (SSSR count). The predicted molar refractivity (Wildman–Crippen MR) is 133 cm³/mol. The molecule has 0 fully saturated rings. The van der Waals surface area contributed by atoms with Crippen molar-refractivity contribution in [3.63, 3.8) is 0 Å². The molecule has 0 aliphatic carbocycles. The first kappa shape index (κ1) is 26.3. The molecule has 9 heteroatoms. The second-order valence-corrected chi connectivity index (χ2v) is 10.2. The van der Waals surface area contributed by atoms with Gasteiger partial charge in [0.2, 0.25) is 5.91 Å². The summed E-state index contributed by atoms with van der Waals surface area (Å²) in [4.78, 5) is 23.0. The average Bonchev–Trinajstić information content (AvgIpc) is 3.20. The van der Waals surface area contributed by atoms with Crippen molar-refractivity contribution < 1.29 is 17.6 Å². The summed E-state index contributed by atoms with van der Waals surface area (Å²) < 4.78 is 39.1. The van der Waals surface area contributed by atoms with Crippen LogP contribution in [0.25, 0.3) is 10.2 Å². The molecule has 0 radical (unpaired) electrons. The van der Waals surface area contributed by atoms with Crippen LogP contribution >= 0.6 is 11.3 Å². The zero-order valence-electron chi connectivity index (χ0n) is 19.0. The number of pyridine rings is 1. The molecular weight excluding hydrogens is 461 g/mol. The highest BCUT2D eigenvalue weighted by Gasteiger charge is 2.24. The lowest BCUT2D eigenvalue weighted by Gasteiger charge is -2.20. The van der Waals surface area contributed by atoms with Gasteiger partial charge in [0.25, 0.3) is 0 Å². The predicted octanol–water partition coefficient (Wildman–Crippen LogP) is 5.67. The zero-order valence-corrected chi connectivity index (χ0v) is 20.6. The number of aromatic nitrogens is 2. The number of carbonyl (C=O) groups excluding carboxylic acids is 1. The van der Waals surface area contributed by atoms with E-state index in [1.54, 1.807) is 31.5 Å². The van der Waals surface area contributed by atoms with Crippen LogP contribution in [0.5, 0.6) is 0 Å². The second kappa shape index (κ2) is 12.4. The Kier molecular flexibility index (Phi) is 9.87. The smallest absolute Gasteiger partial charge is 0.230 e. The van der Waals surface area contributed by atoms with Crippen molar-refractivity contribution in [2.45, 2.75) is 40.2 Å². The largest absolute Gasteiger partial charge is 0.284 e. The maximum Gasteiger partial charge on any atom is 0.230 e. The number of thiazole rings is 1. The standard InChI is InChI=1S/C21H20FN3O3S2.C3H8/c1-3-17(4-2)30(27,28)11-9-20(26)25(14-15-6-5-10-23-13-15)21-24-18-12-16(22)7-8-19(18)29-21;1-3-2/h3-8,10,12-13H,1,9,11,14H2,2H3;3H2,1-2H3/b17-4+;. The number of hydrogen-bond donors (Lipinski definition) is 0. The van der Waals surface area contributed by atoms with Gasteiger partial charge in [0.05, 0.1) is 27.4 Å². The fraction of sp³-hybridized carbons (Fsp3) is 0.292. The molecule has 1 aromatic carbocycles. The summed E-state index contributed by atoms with van der Waals surface area (Å²) in [6.07, 6.45) is 6.98. The van der Waals surface area contributed by atoms with Gasteiger partial charge < -0.3 is 0 Å². The number of amides is 1. The van der Waals surface area contributed by atoms with Crippen molar-refractivity contribution in [1.29, 1.82) is 0 Å². The Morgan fingerprint density at radius 2 is 2.00 bits per heavy atom. The topological polar surface area (TPSA) is 80.2 Å². The molecule has 0 aliphatic heterocycles. The maximum atomic E-state index is 13.5. The van der Waals surface area contributed by atoms with Gasteiger partial charge in [-0.05, 0) is 30.7 Å². The highest BCUT2D eigenvalue weighted by molar-refractivity contribution is 7.95. The molecule has 0 bridgehead atoms. The molecule has 33 heavy (non-hydrogen) atoms. The Bertz CT molecular complexity index is 1220. The van der Waals surface area contributed by atoms with Gasteiger partial charge >= 0.3 is 0 Å². The van der Waals surface area contributed by atoms with Crippen LogP contribution in [0.15, 0.2) is 66.4 Å². The number of allylic oxidation sites excluding steroid dienone is 2. The molecule has 1 amide bonds. The molecule has 0 aliphatic rings. The molecule has 0 unspecified atom stereocenters. The van der Waals surface area contributed by atoms with Crippen molar-refractivity contribution in [1.82, 2.24) is 9.97 Å². The number of nitrogens with zero attached hydrogens (tertiary/aromatic N) is 3. The molecule has 0 saturated carbocycles. The van der Waals surface area contributed by atoms with Crippen LogP contribution in [0.1, 0.15) is 39.2 Å². The fourth-order valence-electron chi connectivity index (χ4n) is 2.84. The molecule has 0 spiro atoms. The molecule has 176 valence electrons. The first-order chi connectivity index (χ1) is 15.7. The minimum atomic E-state index is -3.62. The molecule has 0 atom stereocenters. The summed E-state index contributed by atoms with van der Waals surface area (Å²) in [6, 6.07) is 7.80. The Balaban J connectivity index is 0.00000122. The SMILES string of the molecule is C=C/C(=C\C)S(=O)(=O)CCC(=O)N(Cc1cccnc1)c1nc2cc(F)ccc2s1.CCC. The zero-order chi connectivity index (χ0) is 24.4. The summed E-state index contributed by atoms with van der Waals surface area (Å²) in [5.74, 6) is -1.17. The van der Waals surface area contributed by atoms with Crippen molar-refractivity contribution in [3.05, 3.63) is 77.7 Å². The van der Waals surface area contributed by atoms with Gasteiger partial charge in [0.1, 0.15) is 5.82 Å². The first-order valence-corrected chi connectivity index (χ1v) is 13.0. The summed E-state index contributed by atoms with van der Waals surface area (Å²) in [5, 5.41) is 0.372. The van der Waals surface area contributed by atoms with Crippen LogP contribution in [0.2, 0.25) is 0 Å². The number of anilines is 1. The van der Waals surface area contributed by atoms with E-state index in [1.165, 1.54) is 46.9 Å². The third-order valence-electron chi connectivity index (χ3n) is 4.36. The minimum Gasteiger partial charge on any atom is -0.284 e. The number of halogens is 1. The lowest BCUT2D eigenvalue weighted by atomic mass is 10.2. The van der Waals surface area contributed by atoms with E-state index in [0.29, 0.717) is 10.6 Å². The van der Waals surface area contributed by atoms with E-state index >= 15 is 0 Å². The van der Waals surface area contributed by atoms with Gasteiger partial charge in [-0.25, -0.2) is 17.8 Å². The lowest BCUT2D eigenvalue weighted by Crippen LogP contribution is -2.31. The van der Waals surface area contributed by atoms with Gasteiger partial charge in [-0.15, -0.1) is 0 Å². The van der Waals surface area contributed by atoms with Crippen LogP contribution in [0.3, 0.4) is 0 Å². The van der Waals surface area contributed by atoms with E-state index in [-0.39, 0.29) is 23.6 Å². The van der Waals surface area contributed by atoms with E-state index < -0.39 is 21.6 Å². The van der Waals surface area contributed by atoms with E-state index in [9.17, 15) is 17.6 Å². The second-order valence-electron chi connectivity index (χ2n) is 7.12. The normalized spacial score (nSPS) is 11.6. The van der Waals surface area contributed by atoms with E-state index in [4.69, 9.17) is 0 Å². The molecular formula is C24H28FN3O3S2. The monoisotopic (exact) mass is 489 g/mol. The Labute approximate surface area is 198 Å². The van der Waals surface area contributed by atoms with Crippen LogP contribution in [-0.2, 0) is 21.2 Å². The summed E-state index contributed by atoms with van der Waals surface area (Å²) in [6.45, 7) is 9.53. The van der Waals surface area contributed by atoms with Gasteiger partial charge in [0, 0.05) is 24.9 Å². The number of benzene rings is 1. The maximum absolute atomic E-state index is 13.5. The molecule has 2 aromatic heterocycles.